The zero-order valence-electron chi connectivity index (χ0n) is 11.3. The average Bonchev–Trinajstić information content (AvgIpc) is 2.69. The number of aryl methyl sites for hydroxylation is 1. The molecule has 0 saturated heterocycles. The fourth-order valence-corrected chi connectivity index (χ4v) is 2.13. The molecule has 2 heteroatoms. The van der Waals surface area contributed by atoms with E-state index in [0.29, 0.717) is 6.54 Å². The summed E-state index contributed by atoms with van der Waals surface area (Å²) in [5.74, 6) is -0.0411. The summed E-state index contributed by atoms with van der Waals surface area (Å²) in [5, 5.41) is 0. The minimum atomic E-state index is -0.0411. The molecule has 0 aliphatic carbocycles. The molecule has 1 aliphatic heterocycles. The van der Waals surface area contributed by atoms with E-state index < -0.39 is 0 Å². The summed E-state index contributed by atoms with van der Waals surface area (Å²) in [6.45, 7) is 0.657. The van der Waals surface area contributed by atoms with Gasteiger partial charge < -0.3 is 0 Å². The fraction of sp³-hybridized carbons (Fsp3) is 0.167. The van der Waals surface area contributed by atoms with Gasteiger partial charge in [0, 0.05) is 18.2 Å². The first-order valence-corrected chi connectivity index (χ1v) is 6.69. The second-order valence-electron chi connectivity index (χ2n) is 4.50. The van der Waals surface area contributed by atoms with Gasteiger partial charge in [-0.2, -0.15) is 0 Å². The van der Waals surface area contributed by atoms with Gasteiger partial charge in [-0.05, 0) is 24.5 Å². The third kappa shape index (κ3) is 3.49. The highest BCUT2D eigenvalue weighted by atomic mass is 16.2. The van der Waals surface area contributed by atoms with Gasteiger partial charge in [0.15, 0.2) is 0 Å². The van der Waals surface area contributed by atoms with Gasteiger partial charge in [-0.15, -0.1) is 0 Å². The highest BCUT2D eigenvalue weighted by Gasteiger charge is 2.20. The van der Waals surface area contributed by atoms with Crippen LogP contribution in [0.3, 0.4) is 0 Å². The molecule has 1 amide bonds. The van der Waals surface area contributed by atoms with E-state index in [1.807, 2.05) is 60.7 Å². The van der Waals surface area contributed by atoms with E-state index in [2.05, 4.69) is 6.04 Å². The van der Waals surface area contributed by atoms with E-state index >= 15 is 0 Å². The number of hydrogen-bond donors (Lipinski definition) is 0. The summed E-state index contributed by atoms with van der Waals surface area (Å²) in [6.07, 6.45) is 7.14. The maximum Gasteiger partial charge on any atom is 0.265 e. The van der Waals surface area contributed by atoms with Crippen molar-refractivity contribution in [2.75, 3.05) is 6.54 Å². The molecule has 0 radical (unpaired) electrons. The number of carbonyl (C=O) groups excluding carboxylic acids is 1. The van der Waals surface area contributed by atoms with Crippen molar-refractivity contribution in [3.8, 4) is 12.5 Å². The van der Waals surface area contributed by atoms with Gasteiger partial charge >= 0.3 is 0 Å². The molecule has 1 heterocycles. The van der Waals surface area contributed by atoms with Crippen molar-refractivity contribution < 1.29 is 4.79 Å². The minimum Gasteiger partial charge on any atom is -0.268 e. The quantitative estimate of drug-likeness (QED) is 0.667. The van der Waals surface area contributed by atoms with Gasteiger partial charge in [-0.25, -0.2) is 0 Å². The standard InChI is InChI=1S/C12H11NO.C6H6/c1-2-13-9-5-7-10-6-3-4-8-11(10)12(13)14;1-2-4-6-5-3-1/h1,3-4,6,8H,5,7,9H2;1-6H. The van der Waals surface area contributed by atoms with Gasteiger partial charge in [0.25, 0.3) is 5.91 Å². The number of nitrogens with zero attached hydrogens (tertiary/aromatic N) is 1. The van der Waals surface area contributed by atoms with E-state index in [0.717, 1.165) is 24.0 Å². The summed E-state index contributed by atoms with van der Waals surface area (Å²) in [7, 11) is 0. The Bertz CT molecular complexity index is 572. The molecular formula is C18H17NO. The molecule has 1 aliphatic rings. The number of carbonyl (C=O) groups is 1. The lowest BCUT2D eigenvalue weighted by Crippen LogP contribution is -2.25. The van der Waals surface area contributed by atoms with E-state index in [-0.39, 0.29) is 5.91 Å². The predicted molar refractivity (Wildman–Crippen MR) is 81.1 cm³/mol. The summed E-state index contributed by atoms with van der Waals surface area (Å²) < 4.78 is 0. The van der Waals surface area contributed by atoms with E-state index in [1.54, 1.807) is 0 Å². The molecule has 0 unspecified atom stereocenters. The largest absolute Gasteiger partial charge is 0.268 e. The van der Waals surface area contributed by atoms with E-state index in [9.17, 15) is 4.79 Å². The predicted octanol–water partition coefficient (Wildman–Crippen LogP) is 3.35. The Hall–Kier alpha value is -2.53. The molecule has 100 valence electrons. The minimum absolute atomic E-state index is 0.0411. The van der Waals surface area contributed by atoms with Gasteiger partial charge in [-0.1, -0.05) is 61.0 Å². The van der Waals surface area contributed by atoms with Crippen LogP contribution < -0.4 is 0 Å². The van der Waals surface area contributed by atoms with Crippen molar-refractivity contribution in [1.82, 2.24) is 4.90 Å². The number of hydrogen-bond acceptors (Lipinski definition) is 1. The highest BCUT2D eigenvalue weighted by molar-refractivity contribution is 5.97. The lowest BCUT2D eigenvalue weighted by Gasteiger charge is -2.11. The molecule has 2 aromatic rings. The van der Waals surface area contributed by atoms with Gasteiger partial charge in [-0.3, -0.25) is 9.69 Å². The summed E-state index contributed by atoms with van der Waals surface area (Å²) in [6, 6.07) is 22.1. The van der Waals surface area contributed by atoms with Crippen molar-refractivity contribution >= 4 is 5.91 Å². The monoisotopic (exact) mass is 263 g/mol. The summed E-state index contributed by atoms with van der Waals surface area (Å²) in [5.41, 5.74) is 1.86. The molecular weight excluding hydrogens is 246 g/mol. The molecule has 0 N–H and O–H groups in total. The summed E-state index contributed by atoms with van der Waals surface area (Å²) >= 11 is 0. The van der Waals surface area contributed by atoms with Crippen LogP contribution in [0.15, 0.2) is 60.7 Å². The van der Waals surface area contributed by atoms with Crippen LogP contribution >= 0.6 is 0 Å². The van der Waals surface area contributed by atoms with Crippen molar-refractivity contribution in [2.24, 2.45) is 0 Å². The first kappa shape index (κ1) is 13.9. The van der Waals surface area contributed by atoms with Gasteiger partial charge in [0.1, 0.15) is 0 Å². The zero-order valence-corrected chi connectivity index (χ0v) is 11.3. The SMILES string of the molecule is C#CN1CCCc2ccccc2C1=O.c1ccccc1. The molecule has 2 nitrogen and oxygen atoms in total. The Labute approximate surface area is 120 Å². The summed E-state index contributed by atoms with van der Waals surface area (Å²) in [4.78, 5) is 13.3. The normalized spacial score (nSPS) is 13.3. The molecule has 0 aromatic heterocycles. The van der Waals surface area contributed by atoms with E-state index in [1.165, 1.54) is 4.90 Å². The van der Waals surface area contributed by atoms with Crippen LogP contribution in [0, 0.1) is 12.5 Å². The number of amides is 1. The second kappa shape index (κ2) is 7.16. The number of fused-ring (bicyclic) bond motifs is 1. The van der Waals surface area contributed by atoms with Gasteiger partial charge in [0.05, 0.1) is 0 Å². The maximum atomic E-state index is 11.9. The van der Waals surface area contributed by atoms with Crippen LogP contribution in [0.4, 0.5) is 0 Å². The number of rotatable bonds is 0. The molecule has 20 heavy (non-hydrogen) atoms. The Morgan fingerprint density at radius 1 is 0.950 bits per heavy atom. The van der Waals surface area contributed by atoms with Crippen molar-refractivity contribution in [1.29, 1.82) is 0 Å². The molecule has 0 bridgehead atoms. The van der Waals surface area contributed by atoms with Crippen molar-refractivity contribution in [3.63, 3.8) is 0 Å². The molecule has 2 aromatic carbocycles. The maximum absolute atomic E-state index is 11.9. The Balaban J connectivity index is 0.000000205. The van der Waals surface area contributed by atoms with Crippen molar-refractivity contribution in [3.05, 3.63) is 71.8 Å². The number of benzene rings is 2. The first-order chi connectivity index (χ1) is 9.83. The molecule has 3 rings (SSSR count). The topological polar surface area (TPSA) is 20.3 Å². The third-order valence-corrected chi connectivity index (χ3v) is 3.14. The molecule has 0 atom stereocenters. The van der Waals surface area contributed by atoms with Crippen LogP contribution in [0.5, 0.6) is 0 Å². The lowest BCUT2D eigenvalue weighted by atomic mass is 10.0. The highest BCUT2D eigenvalue weighted by Crippen LogP contribution is 2.17. The molecule has 0 saturated carbocycles. The van der Waals surface area contributed by atoms with Crippen LogP contribution in [-0.4, -0.2) is 17.4 Å². The zero-order chi connectivity index (χ0) is 14.2. The Morgan fingerprint density at radius 2 is 1.55 bits per heavy atom. The molecule has 0 fully saturated rings. The van der Waals surface area contributed by atoms with E-state index in [4.69, 9.17) is 6.42 Å². The first-order valence-electron chi connectivity index (χ1n) is 6.69. The van der Waals surface area contributed by atoms with Crippen LogP contribution in [-0.2, 0) is 6.42 Å². The van der Waals surface area contributed by atoms with Crippen LogP contribution in [0.2, 0.25) is 0 Å². The third-order valence-electron chi connectivity index (χ3n) is 3.14. The van der Waals surface area contributed by atoms with Gasteiger partial charge in [0.2, 0.25) is 0 Å². The molecule has 0 spiro atoms. The van der Waals surface area contributed by atoms with Crippen LogP contribution in [0.25, 0.3) is 0 Å². The van der Waals surface area contributed by atoms with Crippen LogP contribution in [0.1, 0.15) is 22.3 Å². The lowest BCUT2D eigenvalue weighted by molar-refractivity contribution is 0.0839. The Morgan fingerprint density at radius 3 is 2.15 bits per heavy atom. The smallest absolute Gasteiger partial charge is 0.265 e. The fourth-order valence-electron chi connectivity index (χ4n) is 2.13. The van der Waals surface area contributed by atoms with Crippen molar-refractivity contribution in [2.45, 2.75) is 12.8 Å². The number of terminal acetylenes is 1. The second-order valence-corrected chi connectivity index (χ2v) is 4.50. The Kier molecular flexibility index (Phi) is 4.97. The average molecular weight is 263 g/mol.